The number of carbonyl (C=O) groups is 1. The molecule has 0 radical (unpaired) electrons. The molecule has 0 heterocycles. The van der Waals surface area contributed by atoms with Crippen LogP contribution in [0, 0.1) is 10.5 Å². The zero-order valence-corrected chi connectivity index (χ0v) is 13.8. The lowest BCUT2D eigenvalue weighted by Crippen LogP contribution is -2.16. The number of ketones is 1. The molecular formula is C15H13IO3S. The Morgan fingerprint density at radius 2 is 1.75 bits per heavy atom. The van der Waals surface area contributed by atoms with E-state index in [0.717, 1.165) is 9.13 Å². The van der Waals surface area contributed by atoms with E-state index in [1.54, 1.807) is 30.3 Å². The predicted octanol–water partition coefficient (Wildman–Crippen LogP) is 3.26. The molecule has 2 rings (SSSR count). The van der Waals surface area contributed by atoms with Crippen molar-refractivity contribution < 1.29 is 13.2 Å². The number of hydrogen-bond acceptors (Lipinski definition) is 3. The molecule has 0 aromatic heterocycles. The second kappa shape index (κ2) is 6.05. The summed E-state index contributed by atoms with van der Waals surface area (Å²) in [7, 11) is -3.59. The number of carbonyl (C=O) groups excluding carboxylic acids is 1. The second-order valence-corrected chi connectivity index (χ2v) is 7.74. The molecule has 0 unspecified atom stereocenters. The maximum atomic E-state index is 12.2. The van der Waals surface area contributed by atoms with Crippen molar-refractivity contribution in [3.63, 3.8) is 0 Å². The first-order valence-electron chi connectivity index (χ1n) is 5.97. The van der Waals surface area contributed by atoms with Crippen LogP contribution in [0.2, 0.25) is 0 Å². The van der Waals surface area contributed by atoms with E-state index < -0.39 is 15.6 Å². The Bertz CT molecular complexity index is 734. The van der Waals surface area contributed by atoms with Crippen LogP contribution >= 0.6 is 22.6 Å². The summed E-state index contributed by atoms with van der Waals surface area (Å²) in [5.74, 6) is -0.889. The lowest BCUT2D eigenvalue weighted by molar-refractivity contribution is 0.102. The standard InChI is InChI=1S/C15H13IO3S/c1-11-5-7-14(8-6-11)20(18,19)10-15(17)12-3-2-4-13(16)9-12/h2-9H,10H2,1H3. The maximum Gasteiger partial charge on any atom is 0.185 e. The molecule has 0 fully saturated rings. The molecule has 2 aromatic carbocycles. The van der Waals surface area contributed by atoms with Gasteiger partial charge in [0.25, 0.3) is 0 Å². The Morgan fingerprint density at radius 3 is 2.35 bits per heavy atom. The summed E-state index contributed by atoms with van der Waals surface area (Å²) < 4.78 is 25.3. The minimum Gasteiger partial charge on any atom is -0.293 e. The number of sulfone groups is 1. The largest absolute Gasteiger partial charge is 0.293 e. The predicted molar refractivity (Wildman–Crippen MR) is 86.7 cm³/mol. The van der Waals surface area contributed by atoms with Crippen LogP contribution in [-0.4, -0.2) is 20.0 Å². The lowest BCUT2D eigenvalue weighted by atomic mass is 10.2. The number of benzene rings is 2. The van der Waals surface area contributed by atoms with Gasteiger partial charge in [0, 0.05) is 9.13 Å². The van der Waals surface area contributed by atoms with Crippen molar-refractivity contribution in [2.45, 2.75) is 11.8 Å². The molecule has 0 amide bonds. The van der Waals surface area contributed by atoms with Crippen molar-refractivity contribution in [3.8, 4) is 0 Å². The van der Waals surface area contributed by atoms with Gasteiger partial charge < -0.3 is 0 Å². The van der Waals surface area contributed by atoms with Crippen molar-refractivity contribution in [3.05, 3.63) is 63.2 Å². The Kier molecular flexibility index (Phi) is 4.59. The summed E-state index contributed by atoms with van der Waals surface area (Å²) in [6.07, 6.45) is 0. The second-order valence-electron chi connectivity index (χ2n) is 4.51. The molecule has 2 aromatic rings. The maximum absolute atomic E-state index is 12.2. The molecule has 104 valence electrons. The molecule has 3 nitrogen and oxygen atoms in total. The third-order valence-electron chi connectivity index (χ3n) is 2.85. The molecule has 0 bridgehead atoms. The molecule has 0 saturated heterocycles. The van der Waals surface area contributed by atoms with Crippen LogP contribution in [0.3, 0.4) is 0 Å². The van der Waals surface area contributed by atoms with Crippen molar-refractivity contribution in [2.24, 2.45) is 0 Å². The average molecular weight is 400 g/mol. The van der Waals surface area contributed by atoms with Crippen LogP contribution in [0.25, 0.3) is 0 Å². The van der Waals surface area contributed by atoms with Gasteiger partial charge in [-0.25, -0.2) is 8.42 Å². The van der Waals surface area contributed by atoms with Gasteiger partial charge in [-0.1, -0.05) is 29.8 Å². The lowest BCUT2D eigenvalue weighted by Gasteiger charge is -2.05. The molecular weight excluding hydrogens is 387 g/mol. The summed E-state index contributed by atoms with van der Waals surface area (Å²) in [6.45, 7) is 1.88. The zero-order valence-electron chi connectivity index (χ0n) is 10.8. The monoisotopic (exact) mass is 400 g/mol. The SMILES string of the molecule is Cc1ccc(S(=O)(=O)CC(=O)c2cccc(I)c2)cc1. The third-order valence-corrected chi connectivity index (χ3v) is 5.15. The topological polar surface area (TPSA) is 51.2 Å². The molecule has 5 heteroatoms. The van der Waals surface area contributed by atoms with Gasteiger partial charge in [-0.05, 0) is 53.8 Å². The first kappa shape index (κ1) is 15.2. The fourth-order valence-electron chi connectivity index (χ4n) is 1.75. The van der Waals surface area contributed by atoms with Crippen molar-refractivity contribution in [1.29, 1.82) is 0 Å². The normalized spacial score (nSPS) is 11.3. The van der Waals surface area contributed by atoms with Gasteiger partial charge in [-0.2, -0.15) is 0 Å². The van der Waals surface area contributed by atoms with E-state index >= 15 is 0 Å². The third kappa shape index (κ3) is 3.67. The fourth-order valence-corrected chi connectivity index (χ4v) is 3.52. The van der Waals surface area contributed by atoms with E-state index in [0.29, 0.717) is 5.56 Å². The smallest absolute Gasteiger partial charge is 0.185 e. The molecule has 0 spiro atoms. The summed E-state index contributed by atoms with van der Waals surface area (Å²) in [6, 6.07) is 13.4. The summed E-state index contributed by atoms with van der Waals surface area (Å²) in [5, 5.41) is 0. The van der Waals surface area contributed by atoms with Crippen LogP contribution in [0.4, 0.5) is 0 Å². The molecule has 20 heavy (non-hydrogen) atoms. The van der Waals surface area contributed by atoms with Crippen molar-refractivity contribution in [2.75, 3.05) is 5.75 Å². The van der Waals surface area contributed by atoms with Crippen LogP contribution in [0.15, 0.2) is 53.4 Å². The average Bonchev–Trinajstić information content (AvgIpc) is 2.38. The minimum absolute atomic E-state index is 0.182. The summed E-state index contributed by atoms with van der Waals surface area (Å²) in [4.78, 5) is 12.3. The molecule has 0 aliphatic carbocycles. The number of hydrogen-bond donors (Lipinski definition) is 0. The molecule has 0 atom stereocenters. The van der Waals surface area contributed by atoms with Gasteiger partial charge in [-0.3, -0.25) is 4.79 Å². The Labute approximate surface area is 132 Å². The first-order valence-corrected chi connectivity index (χ1v) is 8.70. The van der Waals surface area contributed by atoms with Gasteiger partial charge >= 0.3 is 0 Å². The molecule has 0 aliphatic rings. The fraction of sp³-hybridized carbons (Fsp3) is 0.133. The highest BCUT2D eigenvalue weighted by Crippen LogP contribution is 2.15. The van der Waals surface area contributed by atoms with Crippen LogP contribution in [-0.2, 0) is 9.84 Å². The zero-order chi connectivity index (χ0) is 14.8. The van der Waals surface area contributed by atoms with Gasteiger partial charge in [0.1, 0.15) is 5.75 Å². The highest BCUT2D eigenvalue weighted by Gasteiger charge is 2.20. The van der Waals surface area contributed by atoms with E-state index in [9.17, 15) is 13.2 Å². The van der Waals surface area contributed by atoms with Gasteiger partial charge in [-0.15, -0.1) is 0 Å². The highest BCUT2D eigenvalue weighted by atomic mass is 127. The highest BCUT2D eigenvalue weighted by molar-refractivity contribution is 14.1. The summed E-state index contributed by atoms with van der Waals surface area (Å²) >= 11 is 2.09. The van der Waals surface area contributed by atoms with Gasteiger partial charge in [0.2, 0.25) is 0 Å². The molecule has 0 N–H and O–H groups in total. The minimum atomic E-state index is -3.59. The van der Waals surface area contributed by atoms with E-state index in [4.69, 9.17) is 0 Å². The van der Waals surface area contributed by atoms with E-state index in [1.165, 1.54) is 12.1 Å². The van der Waals surface area contributed by atoms with E-state index in [2.05, 4.69) is 22.6 Å². The van der Waals surface area contributed by atoms with Crippen molar-refractivity contribution in [1.82, 2.24) is 0 Å². The van der Waals surface area contributed by atoms with Crippen LogP contribution < -0.4 is 0 Å². The van der Waals surface area contributed by atoms with Crippen LogP contribution in [0.5, 0.6) is 0 Å². The van der Waals surface area contributed by atoms with E-state index in [1.807, 2.05) is 13.0 Å². The van der Waals surface area contributed by atoms with E-state index in [-0.39, 0.29) is 10.7 Å². The molecule has 0 saturated carbocycles. The van der Waals surface area contributed by atoms with Crippen LogP contribution in [0.1, 0.15) is 15.9 Å². The number of Topliss-reactive ketones (excluding diaryl/α,β-unsaturated/α-hetero) is 1. The first-order chi connectivity index (χ1) is 9.38. The number of halogens is 1. The number of rotatable bonds is 4. The Hall–Kier alpha value is -1.21. The van der Waals surface area contributed by atoms with Gasteiger partial charge in [0.05, 0.1) is 4.90 Å². The Morgan fingerprint density at radius 1 is 1.10 bits per heavy atom. The van der Waals surface area contributed by atoms with Gasteiger partial charge in [0.15, 0.2) is 15.6 Å². The summed E-state index contributed by atoms with van der Waals surface area (Å²) in [5.41, 5.74) is 1.40. The number of aryl methyl sites for hydroxylation is 1. The quantitative estimate of drug-likeness (QED) is 0.585. The Balaban J connectivity index is 2.24. The molecule has 0 aliphatic heterocycles. The van der Waals surface area contributed by atoms with Crippen molar-refractivity contribution >= 4 is 38.2 Å².